The van der Waals surface area contributed by atoms with Gasteiger partial charge < -0.3 is 4.42 Å². The van der Waals surface area contributed by atoms with Crippen molar-refractivity contribution >= 4 is 32.8 Å². The summed E-state index contributed by atoms with van der Waals surface area (Å²) in [6.45, 7) is 0. The summed E-state index contributed by atoms with van der Waals surface area (Å²) in [5, 5.41) is 3.65. The Morgan fingerprint density at radius 1 is 0.857 bits per heavy atom. The summed E-state index contributed by atoms with van der Waals surface area (Å²) in [7, 11) is 0. The summed E-state index contributed by atoms with van der Waals surface area (Å²) in [5.74, 6) is 1.17. The number of aryl methyl sites for hydroxylation is 2. The van der Waals surface area contributed by atoms with Crippen LogP contribution in [0.4, 0.5) is 0 Å². The lowest BCUT2D eigenvalue weighted by molar-refractivity contribution is 0.489. The number of hydrogen-bond acceptors (Lipinski definition) is 2. The van der Waals surface area contributed by atoms with E-state index in [2.05, 4.69) is 36.4 Å². The second kappa shape index (κ2) is 4.08. The van der Waals surface area contributed by atoms with E-state index in [0.29, 0.717) is 0 Å². The molecule has 0 aliphatic heterocycles. The van der Waals surface area contributed by atoms with Crippen LogP contribution in [-0.4, -0.2) is 4.98 Å². The van der Waals surface area contributed by atoms with Gasteiger partial charge in [-0.1, -0.05) is 18.2 Å². The molecular formula is C19H15NO. The zero-order valence-electron chi connectivity index (χ0n) is 11.7. The summed E-state index contributed by atoms with van der Waals surface area (Å²) in [4.78, 5) is 4.72. The first-order chi connectivity index (χ1) is 10.4. The minimum Gasteiger partial charge on any atom is -0.461 e. The largest absolute Gasteiger partial charge is 0.461 e. The monoisotopic (exact) mass is 273 g/mol. The lowest BCUT2D eigenvalue weighted by atomic mass is 9.96. The molecule has 1 aliphatic carbocycles. The van der Waals surface area contributed by atoms with Crippen LogP contribution in [0, 0.1) is 0 Å². The highest BCUT2D eigenvalue weighted by Crippen LogP contribution is 2.32. The number of benzene rings is 2. The highest BCUT2D eigenvalue weighted by atomic mass is 16.3. The van der Waals surface area contributed by atoms with Crippen molar-refractivity contribution < 1.29 is 4.42 Å². The minimum absolute atomic E-state index is 0.964. The number of para-hydroxylation sites is 1. The van der Waals surface area contributed by atoms with Gasteiger partial charge in [-0.05, 0) is 43.0 Å². The Balaban J connectivity index is 1.89. The van der Waals surface area contributed by atoms with Gasteiger partial charge in [0.2, 0.25) is 0 Å². The van der Waals surface area contributed by atoms with Gasteiger partial charge in [-0.25, -0.2) is 4.98 Å². The van der Waals surface area contributed by atoms with Gasteiger partial charge >= 0.3 is 0 Å². The fraction of sp³-hybridized carbons (Fsp3) is 0.211. The molecule has 0 unspecified atom stereocenters. The first-order valence-electron chi connectivity index (χ1n) is 7.62. The lowest BCUT2D eigenvalue weighted by Gasteiger charge is -2.15. The molecule has 2 heteroatoms. The molecule has 0 amide bonds. The Morgan fingerprint density at radius 2 is 1.76 bits per heavy atom. The van der Waals surface area contributed by atoms with Gasteiger partial charge in [0, 0.05) is 28.6 Å². The highest BCUT2D eigenvalue weighted by Gasteiger charge is 2.14. The normalized spacial score (nSPS) is 14.9. The quantitative estimate of drug-likeness (QED) is 0.450. The van der Waals surface area contributed by atoms with E-state index < -0.39 is 0 Å². The van der Waals surface area contributed by atoms with Gasteiger partial charge in [-0.15, -0.1) is 0 Å². The van der Waals surface area contributed by atoms with E-state index in [-0.39, 0.29) is 0 Å². The van der Waals surface area contributed by atoms with Gasteiger partial charge in [0.1, 0.15) is 11.3 Å². The molecule has 0 spiro atoms. The molecule has 102 valence electrons. The Bertz CT molecular complexity index is 997. The molecule has 1 aliphatic rings. The molecule has 0 saturated carbocycles. The van der Waals surface area contributed by atoms with Crippen LogP contribution in [0.3, 0.4) is 0 Å². The van der Waals surface area contributed by atoms with Crippen LogP contribution in [0.5, 0.6) is 0 Å². The Kier molecular flexibility index (Phi) is 2.20. The van der Waals surface area contributed by atoms with Gasteiger partial charge in [-0.2, -0.15) is 0 Å². The maximum atomic E-state index is 6.15. The molecule has 0 saturated heterocycles. The van der Waals surface area contributed by atoms with Gasteiger partial charge in [0.25, 0.3) is 0 Å². The van der Waals surface area contributed by atoms with Crippen molar-refractivity contribution in [1.82, 2.24) is 4.98 Å². The molecule has 0 N–H and O–H groups in total. The third kappa shape index (κ3) is 1.62. The fourth-order valence-corrected chi connectivity index (χ4v) is 3.51. The first-order valence-corrected chi connectivity index (χ1v) is 7.62. The summed E-state index contributed by atoms with van der Waals surface area (Å²) < 4.78 is 6.15. The van der Waals surface area contributed by atoms with Gasteiger partial charge in [0.05, 0.1) is 11.0 Å². The maximum absolute atomic E-state index is 6.15. The first kappa shape index (κ1) is 11.3. The predicted molar refractivity (Wildman–Crippen MR) is 85.7 cm³/mol. The Morgan fingerprint density at radius 3 is 2.76 bits per heavy atom. The molecule has 21 heavy (non-hydrogen) atoms. The molecule has 0 radical (unpaired) electrons. The number of rotatable bonds is 0. The second-order valence-corrected chi connectivity index (χ2v) is 5.94. The predicted octanol–water partition coefficient (Wildman–Crippen LogP) is 5.01. The highest BCUT2D eigenvalue weighted by molar-refractivity contribution is 6.11. The standard InChI is InChI=1S/C19H15NO/c1-4-8-18-12(5-1)9-13-10-15-14-6-2-3-7-16(14)20-17(15)11-19(13)21-18/h2-3,6-7,9-11H,1,4-5,8H2. The van der Waals surface area contributed by atoms with E-state index in [1.807, 2.05) is 6.07 Å². The van der Waals surface area contributed by atoms with Crippen LogP contribution >= 0.6 is 0 Å². The van der Waals surface area contributed by atoms with Crippen LogP contribution in [0.2, 0.25) is 0 Å². The van der Waals surface area contributed by atoms with E-state index >= 15 is 0 Å². The van der Waals surface area contributed by atoms with E-state index in [0.717, 1.165) is 29.5 Å². The van der Waals surface area contributed by atoms with Gasteiger partial charge in [-0.3, -0.25) is 0 Å². The minimum atomic E-state index is 0.964. The van der Waals surface area contributed by atoms with Crippen LogP contribution in [0.25, 0.3) is 32.8 Å². The fourth-order valence-electron chi connectivity index (χ4n) is 3.51. The zero-order valence-corrected chi connectivity index (χ0v) is 11.7. The van der Waals surface area contributed by atoms with Crippen LogP contribution < -0.4 is 0 Å². The molecule has 2 aromatic heterocycles. The van der Waals surface area contributed by atoms with E-state index in [4.69, 9.17) is 9.40 Å². The SMILES string of the molecule is c1ccc2c(c1)nc1cc3oc4c(cc3cc12)CCCC4. The van der Waals surface area contributed by atoms with Crippen molar-refractivity contribution in [2.24, 2.45) is 0 Å². The van der Waals surface area contributed by atoms with Gasteiger partial charge in [0.15, 0.2) is 0 Å². The number of fused-ring (bicyclic) bond motifs is 5. The van der Waals surface area contributed by atoms with Crippen molar-refractivity contribution in [2.45, 2.75) is 25.7 Å². The Labute approximate surface area is 122 Å². The topological polar surface area (TPSA) is 26.0 Å². The molecule has 2 heterocycles. The van der Waals surface area contributed by atoms with Crippen LogP contribution in [-0.2, 0) is 12.8 Å². The molecule has 5 rings (SSSR count). The van der Waals surface area contributed by atoms with Crippen molar-refractivity contribution in [3.63, 3.8) is 0 Å². The summed E-state index contributed by atoms with van der Waals surface area (Å²) in [6.07, 6.45) is 4.73. The maximum Gasteiger partial charge on any atom is 0.136 e. The van der Waals surface area contributed by atoms with Crippen molar-refractivity contribution in [2.75, 3.05) is 0 Å². The third-order valence-corrected chi connectivity index (χ3v) is 4.58. The van der Waals surface area contributed by atoms with Crippen molar-refractivity contribution in [3.05, 3.63) is 53.8 Å². The average molecular weight is 273 g/mol. The third-order valence-electron chi connectivity index (χ3n) is 4.58. The van der Waals surface area contributed by atoms with E-state index in [1.165, 1.54) is 40.3 Å². The molecule has 2 aromatic carbocycles. The molecule has 0 atom stereocenters. The van der Waals surface area contributed by atoms with E-state index in [1.54, 1.807) is 0 Å². The van der Waals surface area contributed by atoms with Crippen molar-refractivity contribution in [1.29, 1.82) is 0 Å². The second-order valence-electron chi connectivity index (χ2n) is 5.94. The lowest BCUT2D eigenvalue weighted by Crippen LogP contribution is -2.02. The molecule has 2 nitrogen and oxygen atoms in total. The van der Waals surface area contributed by atoms with Crippen LogP contribution in [0.1, 0.15) is 24.2 Å². The summed E-state index contributed by atoms with van der Waals surface area (Å²) in [6, 6.07) is 15.0. The molecule has 4 aromatic rings. The molecular weight excluding hydrogens is 258 g/mol. The summed E-state index contributed by atoms with van der Waals surface area (Å²) in [5.41, 5.74) is 4.44. The van der Waals surface area contributed by atoms with E-state index in [9.17, 15) is 0 Å². The van der Waals surface area contributed by atoms with Crippen LogP contribution in [0.15, 0.2) is 46.9 Å². The number of aromatic nitrogens is 1. The molecule has 0 fully saturated rings. The average Bonchev–Trinajstić information content (AvgIpc) is 2.88. The summed E-state index contributed by atoms with van der Waals surface area (Å²) >= 11 is 0. The number of hydrogen-bond donors (Lipinski definition) is 0. The zero-order chi connectivity index (χ0) is 13.8. The van der Waals surface area contributed by atoms with Crippen molar-refractivity contribution in [3.8, 4) is 0 Å². The number of nitrogens with zero attached hydrogens (tertiary/aromatic N) is 1. The Hall–Kier alpha value is -2.35. The smallest absolute Gasteiger partial charge is 0.136 e. The molecule has 0 bridgehead atoms.